The number of aromatic carboxylic acids is 1. The quantitative estimate of drug-likeness (QED) is 0.722. The summed E-state index contributed by atoms with van der Waals surface area (Å²) in [6.07, 6.45) is 2.89. The predicted octanol–water partition coefficient (Wildman–Crippen LogP) is 1.66. The van der Waals surface area contributed by atoms with Crippen LogP contribution in [-0.4, -0.2) is 40.6 Å². The first-order valence-corrected chi connectivity index (χ1v) is 7.66. The summed E-state index contributed by atoms with van der Waals surface area (Å²) < 4.78 is 6.98. The Morgan fingerprint density at radius 3 is 2.74 bits per heavy atom. The van der Waals surface area contributed by atoms with Gasteiger partial charge in [0.1, 0.15) is 5.56 Å². The Labute approximate surface area is 133 Å². The van der Waals surface area contributed by atoms with Crippen molar-refractivity contribution in [2.45, 2.75) is 26.3 Å². The van der Waals surface area contributed by atoms with Gasteiger partial charge in [0.05, 0.1) is 18.7 Å². The summed E-state index contributed by atoms with van der Waals surface area (Å²) in [4.78, 5) is 23.6. The molecule has 0 aliphatic rings. The molecule has 2 rings (SSSR count). The minimum Gasteiger partial charge on any atom is -0.477 e. The molecule has 23 heavy (non-hydrogen) atoms. The van der Waals surface area contributed by atoms with Crippen LogP contribution >= 0.6 is 0 Å². The molecule has 0 unspecified atom stereocenters. The minimum absolute atomic E-state index is 0.00446. The molecule has 6 nitrogen and oxygen atoms in total. The van der Waals surface area contributed by atoms with Crippen LogP contribution in [0.5, 0.6) is 0 Å². The van der Waals surface area contributed by atoms with E-state index in [1.54, 1.807) is 10.6 Å². The lowest BCUT2D eigenvalue weighted by molar-refractivity contribution is 0.0695. The molecule has 0 bridgehead atoms. The second-order valence-electron chi connectivity index (χ2n) is 5.25. The van der Waals surface area contributed by atoms with Crippen molar-refractivity contribution >= 4 is 16.9 Å². The van der Waals surface area contributed by atoms with E-state index >= 15 is 0 Å². The number of carboxylic acid groups (broad SMARTS) is 1. The van der Waals surface area contributed by atoms with Crippen molar-refractivity contribution in [3.8, 4) is 0 Å². The topological polar surface area (TPSA) is 88.8 Å². The second kappa shape index (κ2) is 7.89. The van der Waals surface area contributed by atoms with Crippen LogP contribution in [0.15, 0.2) is 29.2 Å². The van der Waals surface area contributed by atoms with Crippen LogP contribution in [-0.2, 0) is 17.7 Å². The minimum atomic E-state index is -1.21. The summed E-state index contributed by atoms with van der Waals surface area (Å²) in [7, 11) is 0. The van der Waals surface area contributed by atoms with Crippen LogP contribution < -0.4 is 5.43 Å². The van der Waals surface area contributed by atoms with Gasteiger partial charge in [0.15, 0.2) is 0 Å². The fourth-order valence-corrected chi connectivity index (χ4v) is 2.56. The third-order valence-electron chi connectivity index (χ3n) is 3.71. The Kier molecular flexibility index (Phi) is 5.90. The fourth-order valence-electron chi connectivity index (χ4n) is 2.56. The second-order valence-corrected chi connectivity index (χ2v) is 5.25. The number of carboxylic acids is 1. The molecule has 1 aromatic heterocycles. The van der Waals surface area contributed by atoms with Gasteiger partial charge in [-0.2, -0.15) is 0 Å². The number of aliphatic hydroxyl groups excluding tert-OH is 1. The van der Waals surface area contributed by atoms with Crippen molar-refractivity contribution in [1.82, 2.24) is 4.57 Å². The van der Waals surface area contributed by atoms with E-state index in [0.717, 1.165) is 23.9 Å². The van der Waals surface area contributed by atoms with Crippen molar-refractivity contribution in [2.75, 3.05) is 19.8 Å². The number of hydrogen-bond donors (Lipinski definition) is 2. The lowest BCUT2D eigenvalue weighted by atomic mass is 10.0. The maximum absolute atomic E-state index is 12.4. The zero-order chi connectivity index (χ0) is 16.8. The molecular weight excluding hydrogens is 298 g/mol. The predicted molar refractivity (Wildman–Crippen MR) is 87.1 cm³/mol. The molecule has 124 valence electrons. The SMILES string of the molecule is CCn1cc(C(=O)O)c(=O)c2cc(CCCOCCO)ccc21. The molecule has 0 aliphatic carbocycles. The number of rotatable bonds is 8. The number of hydrogen-bond acceptors (Lipinski definition) is 4. The van der Waals surface area contributed by atoms with Crippen molar-refractivity contribution in [3.05, 3.63) is 45.7 Å². The van der Waals surface area contributed by atoms with Gasteiger partial charge in [-0.15, -0.1) is 0 Å². The summed E-state index contributed by atoms with van der Waals surface area (Å²) in [5, 5.41) is 18.3. The van der Waals surface area contributed by atoms with Crippen molar-refractivity contribution in [1.29, 1.82) is 0 Å². The van der Waals surface area contributed by atoms with Crippen molar-refractivity contribution in [2.24, 2.45) is 0 Å². The maximum atomic E-state index is 12.4. The standard InChI is InChI=1S/C17H21NO5/c1-2-18-11-14(17(21)22)16(20)13-10-12(5-6-15(13)18)4-3-8-23-9-7-19/h5-6,10-11,19H,2-4,7-9H2,1H3,(H,21,22). The van der Waals surface area contributed by atoms with E-state index in [2.05, 4.69) is 0 Å². The first kappa shape index (κ1) is 17.2. The third-order valence-corrected chi connectivity index (χ3v) is 3.71. The molecule has 0 saturated carbocycles. The van der Waals surface area contributed by atoms with Crippen LogP contribution in [0.25, 0.3) is 10.9 Å². The normalized spacial score (nSPS) is 11.0. The largest absolute Gasteiger partial charge is 0.477 e. The maximum Gasteiger partial charge on any atom is 0.341 e. The lowest BCUT2D eigenvalue weighted by Crippen LogP contribution is -2.18. The van der Waals surface area contributed by atoms with Crippen LogP contribution in [0.2, 0.25) is 0 Å². The van der Waals surface area contributed by atoms with E-state index < -0.39 is 11.4 Å². The van der Waals surface area contributed by atoms with Crippen molar-refractivity contribution in [3.63, 3.8) is 0 Å². The Morgan fingerprint density at radius 1 is 1.30 bits per heavy atom. The summed E-state index contributed by atoms with van der Waals surface area (Å²) in [5.41, 5.74) is 1.05. The van der Waals surface area contributed by atoms with Crippen LogP contribution in [0, 0.1) is 0 Å². The van der Waals surface area contributed by atoms with Gasteiger partial charge >= 0.3 is 5.97 Å². The Morgan fingerprint density at radius 2 is 2.09 bits per heavy atom. The number of aromatic nitrogens is 1. The average molecular weight is 319 g/mol. The number of aliphatic hydroxyl groups is 1. The molecule has 0 aliphatic heterocycles. The fraction of sp³-hybridized carbons (Fsp3) is 0.412. The number of fused-ring (bicyclic) bond motifs is 1. The van der Waals surface area contributed by atoms with Gasteiger partial charge in [0, 0.05) is 24.7 Å². The molecular formula is C17H21NO5. The van der Waals surface area contributed by atoms with Crippen molar-refractivity contribution < 1.29 is 19.7 Å². The summed E-state index contributed by atoms with van der Waals surface area (Å²) in [5.74, 6) is -1.21. The molecule has 0 amide bonds. The summed E-state index contributed by atoms with van der Waals surface area (Å²) in [6, 6.07) is 5.57. The smallest absolute Gasteiger partial charge is 0.341 e. The van der Waals surface area contributed by atoms with E-state index in [9.17, 15) is 14.7 Å². The number of ether oxygens (including phenoxy) is 1. The molecule has 0 radical (unpaired) electrons. The highest BCUT2D eigenvalue weighted by Gasteiger charge is 2.14. The zero-order valence-electron chi connectivity index (χ0n) is 13.1. The monoisotopic (exact) mass is 319 g/mol. The lowest BCUT2D eigenvalue weighted by Gasteiger charge is -2.11. The number of carbonyl (C=O) groups is 1. The molecule has 1 aromatic carbocycles. The van der Waals surface area contributed by atoms with Gasteiger partial charge in [0.25, 0.3) is 0 Å². The number of benzene rings is 1. The Hall–Kier alpha value is -2.18. The summed E-state index contributed by atoms with van der Waals surface area (Å²) in [6.45, 7) is 3.35. The van der Waals surface area contributed by atoms with Gasteiger partial charge in [-0.1, -0.05) is 6.07 Å². The number of pyridine rings is 1. The van der Waals surface area contributed by atoms with E-state index in [-0.39, 0.29) is 12.2 Å². The number of aryl methyl sites for hydroxylation is 2. The highest BCUT2D eigenvalue weighted by atomic mass is 16.5. The molecule has 0 saturated heterocycles. The zero-order valence-corrected chi connectivity index (χ0v) is 13.1. The first-order valence-electron chi connectivity index (χ1n) is 7.66. The van der Waals surface area contributed by atoms with Crippen LogP contribution in [0.3, 0.4) is 0 Å². The molecule has 2 aromatic rings. The molecule has 1 heterocycles. The first-order chi connectivity index (χ1) is 11.1. The van der Waals surface area contributed by atoms with Gasteiger partial charge in [0.2, 0.25) is 5.43 Å². The van der Waals surface area contributed by atoms with E-state index in [4.69, 9.17) is 9.84 Å². The summed E-state index contributed by atoms with van der Waals surface area (Å²) >= 11 is 0. The van der Waals surface area contributed by atoms with E-state index in [1.165, 1.54) is 6.20 Å². The molecule has 0 spiro atoms. The van der Waals surface area contributed by atoms with E-state index in [0.29, 0.717) is 25.1 Å². The van der Waals surface area contributed by atoms with Gasteiger partial charge < -0.3 is 19.5 Å². The Balaban J connectivity index is 2.32. The highest BCUT2D eigenvalue weighted by Crippen LogP contribution is 2.16. The van der Waals surface area contributed by atoms with Gasteiger partial charge in [-0.3, -0.25) is 4.79 Å². The van der Waals surface area contributed by atoms with Gasteiger partial charge in [-0.05, 0) is 37.5 Å². The molecule has 2 N–H and O–H groups in total. The number of nitrogens with zero attached hydrogens (tertiary/aromatic N) is 1. The molecule has 6 heteroatoms. The highest BCUT2D eigenvalue weighted by molar-refractivity contribution is 5.92. The van der Waals surface area contributed by atoms with E-state index in [1.807, 2.05) is 19.1 Å². The third kappa shape index (κ3) is 3.97. The van der Waals surface area contributed by atoms with Crippen LogP contribution in [0.1, 0.15) is 29.3 Å². The molecule has 0 atom stereocenters. The average Bonchev–Trinajstić information content (AvgIpc) is 2.55. The Bertz CT molecular complexity index is 750. The molecule has 0 fully saturated rings. The van der Waals surface area contributed by atoms with Crippen LogP contribution in [0.4, 0.5) is 0 Å². The van der Waals surface area contributed by atoms with Gasteiger partial charge in [-0.25, -0.2) is 4.79 Å².